The third-order valence-electron chi connectivity index (χ3n) is 4.35. The molecule has 0 spiro atoms. The second-order valence-electron chi connectivity index (χ2n) is 6.20. The molecular weight excluding hydrogens is 390 g/mol. The summed E-state index contributed by atoms with van der Waals surface area (Å²) in [5, 5.41) is 1.12. The molecule has 1 aliphatic rings. The van der Waals surface area contributed by atoms with Gasteiger partial charge in [0.05, 0.1) is 42.5 Å². The predicted molar refractivity (Wildman–Crippen MR) is 106 cm³/mol. The van der Waals surface area contributed by atoms with Gasteiger partial charge in [-0.15, -0.1) is 0 Å². The van der Waals surface area contributed by atoms with E-state index in [1.54, 1.807) is 34.8 Å². The van der Waals surface area contributed by atoms with Crippen LogP contribution < -0.4 is 5.56 Å². The SMILES string of the molecule is COCCn1c(SC(C)C(=O)N2CCOCC2)nc2cc(Cl)ccc2c1=O. The normalized spacial score (nSPS) is 15.9. The Balaban J connectivity index is 1.93. The average molecular weight is 412 g/mol. The number of morpholine rings is 1. The van der Waals surface area contributed by atoms with E-state index in [1.165, 1.54) is 11.8 Å². The molecule has 2 heterocycles. The number of nitrogens with zero attached hydrogens (tertiary/aromatic N) is 3. The van der Waals surface area contributed by atoms with Gasteiger partial charge < -0.3 is 14.4 Å². The molecule has 7 nitrogen and oxygen atoms in total. The number of carbonyl (C=O) groups excluding carboxylic acids is 1. The maximum atomic E-state index is 12.9. The van der Waals surface area contributed by atoms with Crippen LogP contribution in [0.3, 0.4) is 0 Å². The first-order valence-electron chi connectivity index (χ1n) is 8.73. The van der Waals surface area contributed by atoms with Crippen molar-refractivity contribution in [3.63, 3.8) is 0 Å². The van der Waals surface area contributed by atoms with Crippen LogP contribution in [0.5, 0.6) is 0 Å². The molecule has 0 radical (unpaired) electrons. The number of hydrogen-bond donors (Lipinski definition) is 0. The Morgan fingerprint density at radius 3 is 2.85 bits per heavy atom. The molecule has 2 aromatic rings. The maximum absolute atomic E-state index is 12.9. The summed E-state index contributed by atoms with van der Waals surface area (Å²) in [5.41, 5.74) is 0.358. The Labute approximate surface area is 166 Å². The standard InChI is InChI=1S/C18H22ClN3O4S/c1-12(16(23)21-5-9-26-10-6-21)27-18-20-15-11-13(19)3-4-14(15)17(24)22(18)7-8-25-2/h3-4,11-12H,5-10H2,1-2H3. The van der Waals surface area contributed by atoms with Gasteiger partial charge in [-0.3, -0.25) is 14.2 Å². The largest absolute Gasteiger partial charge is 0.383 e. The summed E-state index contributed by atoms with van der Waals surface area (Å²) in [6.45, 7) is 4.84. The molecule has 1 fully saturated rings. The number of ether oxygens (including phenoxy) is 2. The van der Waals surface area contributed by atoms with Crippen LogP contribution in [0.25, 0.3) is 10.9 Å². The summed E-state index contributed by atoms with van der Waals surface area (Å²) in [7, 11) is 1.58. The molecule has 1 unspecified atom stereocenters. The lowest BCUT2D eigenvalue weighted by Gasteiger charge is -2.29. The van der Waals surface area contributed by atoms with Gasteiger partial charge in [0, 0.05) is 25.2 Å². The van der Waals surface area contributed by atoms with Crippen molar-refractivity contribution in [3.8, 4) is 0 Å². The Bertz CT molecular complexity index is 883. The Morgan fingerprint density at radius 1 is 1.41 bits per heavy atom. The summed E-state index contributed by atoms with van der Waals surface area (Å²) in [6.07, 6.45) is 0. The number of thioether (sulfide) groups is 1. The number of carbonyl (C=O) groups is 1. The molecule has 9 heteroatoms. The minimum absolute atomic E-state index is 0.0158. The van der Waals surface area contributed by atoms with Crippen LogP contribution in [0.1, 0.15) is 6.92 Å². The molecule has 146 valence electrons. The fourth-order valence-electron chi connectivity index (χ4n) is 2.89. The van der Waals surface area contributed by atoms with Crippen molar-refractivity contribution in [2.75, 3.05) is 40.0 Å². The topological polar surface area (TPSA) is 73.7 Å². The number of hydrogen-bond acceptors (Lipinski definition) is 6. The lowest BCUT2D eigenvalue weighted by molar-refractivity contribution is -0.134. The molecule has 0 aliphatic carbocycles. The molecule has 1 saturated heterocycles. The molecule has 1 atom stereocenters. The van der Waals surface area contributed by atoms with Gasteiger partial charge in [0.2, 0.25) is 5.91 Å². The second kappa shape index (κ2) is 9.05. The van der Waals surface area contributed by atoms with Crippen molar-refractivity contribution in [2.45, 2.75) is 23.9 Å². The summed E-state index contributed by atoms with van der Waals surface area (Å²) in [5.74, 6) is 0.0158. The van der Waals surface area contributed by atoms with Crippen molar-refractivity contribution in [2.24, 2.45) is 0 Å². The first-order chi connectivity index (χ1) is 13.0. The maximum Gasteiger partial charge on any atom is 0.262 e. The van der Waals surface area contributed by atoms with Gasteiger partial charge >= 0.3 is 0 Å². The van der Waals surface area contributed by atoms with Gasteiger partial charge in [0.1, 0.15) is 0 Å². The molecule has 1 amide bonds. The minimum atomic E-state index is -0.375. The van der Waals surface area contributed by atoms with E-state index in [4.69, 9.17) is 21.1 Å². The van der Waals surface area contributed by atoms with Crippen molar-refractivity contribution < 1.29 is 14.3 Å². The van der Waals surface area contributed by atoms with E-state index < -0.39 is 0 Å². The van der Waals surface area contributed by atoms with Crippen molar-refractivity contribution in [3.05, 3.63) is 33.6 Å². The number of methoxy groups -OCH3 is 1. The molecule has 0 saturated carbocycles. The summed E-state index contributed by atoms with van der Waals surface area (Å²) in [4.78, 5) is 32.0. The van der Waals surface area contributed by atoms with Crippen LogP contribution in [-0.2, 0) is 20.8 Å². The van der Waals surface area contributed by atoms with Crippen LogP contribution in [0.15, 0.2) is 28.2 Å². The smallest absolute Gasteiger partial charge is 0.262 e. The van der Waals surface area contributed by atoms with Gasteiger partial charge in [0.25, 0.3) is 5.56 Å². The molecular formula is C18H22ClN3O4S. The van der Waals surface area contributed by atoms with E-state index in [-0.39, 0.29) is 16.7 Å². The zero-order valence-electron chi connectivity index (χ0n) is 15.3. The highest BCUT2D eigenvalue weighted by Gasteiger charge is 2.25. The predicted octanol–water partition coefficient (Wildman–Crippen LogP) is 2.04. The Morgan fingerprint density at radius 2 is 2.15 bits per heavy atom. The minimum Gasteiger partial charge on any atom is -0.383 e. The number of halogens is 1. The van der Waals surface area contributed by atoms with Crippen molar-refractivity contribution >= 4 is 40.2 Å². The van der Waals surface area contributed by atoms with Gasteiger partial charge in [-0.05, 0) is 25.1 Å². The Hall–Kier alpha value is -1.61. The van der Waals surface area contributed by atoms with E-state index >= 15 is 0 Å². The van der Waals surface area contributed by atoms with Gasteiger partial charge in [0.15, 0.2) is 5.16 Å². The van der Waals surface area contributed by atoms with Crippen LogP contribution in [0.4, 0.5) is 0 Å². The van der Waals surface area contributed by atoms with E-state index in [0.29, 0.717) is 60.5 Å². The zero-order valence-corrected chi connectivity index (χ0v) is 16.9. The molecule has 1 aromatic carbocycles. The van der Waals surface area contributed by atoms with Crippen LogP contribution in [-0.4, -0.2) is 65.6 Å². The fraction of sp³-hybridized carbons (Fsp3) is 0.500. The Kier molecular flexibility index (Phi) is 6.75. The highest BCUT2D eigenvalue weighted by molar-refractivity contribution is 8.00. The van der Waals surface area contributed by atoms with Gasteiger partial charge in [-0.1, -0.05) is 23.4 Å². The van der Waals surface area contributed by atoms with E-state index in [1.807, 2.05) is 6.92 Å². The highest BCUT2D eigenvalue weighted by Crippen LogP contribution is 2.25. The third-order valence-corrected chi connectivity index (χ3v) is 5.67. The summed E-state index contributed by atoms with van der Waals surface area (Å²) < 4.78 is 12.0. The van der Waals surface area contributed by atoms with Crippen LogP contribution in [0.2, 0.25) is 5.02 Å². The van der Waals surface area contributed by atoms with E-state index in [0.717, 1.165) is 0 Å². The van der Waals surface area contributed by atoms with Crippen LogP contribution >= 0.6 is 23.4 Å². The van der Waals surface area contributed by atoms with Crippen molar-refractivity contribution in [1.29, 1.82) is 0 Å². The van der Waals surface area contributed by atoms with Gasteiger partial charge in [-0.25, -0.2) is 4.98 Å². The molecule has 1 aromatic heterocycles. The summed E-state index contributed by atoms with van der Waals surface area (Å²) in [6, 6.07) is 5.01. The summed E-state index contributed by atoms with van der Waals surface area (Å²) >= 11 is 7.33. The number of amides is 1. The molecule has 0 bridgehead atoms. The van der Waals surface area contributed by atoms with E-state index in [2.05, 4.69) is 4.98 Å². The quantitative estimate of drug-likeness (QED) is 0.535. The molecule has 3 rings (SSSR count). The molecule has 0 N–H and O–H groups in total. The average Bonchev–Trinajstić information content (AvgIpc) is 2.67. The fourth-order valence-corrected chi connectivity index (χ4v) is 4.08. The van der Waals surface area contributed by atoms with Crippen molar-refractivity contribution in [1.82, 2.24) is 14.5 Å². The zero-order chi connectivity index (χ0) is 19.4. The van der Waals surface area contributed by atoms with Gasteiger partial charge in [-0.2, -0.15) is 0 Å². The van der Waals surface area contributed by atoms with Crippen LogP contribution in [0, 0.1) is 0 Å². The van der Waals surface area contributed by atoms with E-state index in [9.17, 15) is 9.59 Å². The highest BCUT2D eigenvalue weighted by atomic mass is 35.5. The number of rotatable bonds is 6. The lowest BCUT2D eigenvalue weighted by Crippen LogP contribution is -2.44. The third kappa shape index (κ3) is 4.63. The number of fused-ring (bicyclic) bond motifs is 1. The molecule has 1 aliphatic heterocycles. The lowest BCUT2D eigenvalue weighted by atomic mass is 10.2. The molecule has 27 heavy (non-hydrogen) atoms. The first kappa shape index (κ1) is 20.1. The first-order valence-corrected chi connectivity index (χ1v) is 9.99. The monoisotopic (exact) mass is 411 g/mol. The number of aromatic nitrogens is 2. The number of benzene rings is 1. The second-order valence-corrected chi connectivity index (χ2v) is 7.95.